The largest absolute Gasteiger partial charge is 0.494 e. The molecule has 3 rings (SSSR count). The standard InChI is InChI=1S/C25H32N2O6S/c1-4-7-8-15-33-18-11-9-17(10-12-18)22(28)26-23-21(24(29)31-5-2)19-13-14-27(16-20(19)34-23)25(30)32-6-3/h9-12H,4-8,13-16H2,1-3H3,(H,26,28). The van der Waals surface area contributed by atoms with Gasteiger partial charge in [0.2, 0.25) is 0 Å². The van der Waals surface area contributed by atoms with E-state index in [4.69, 9.17) is 14.2 Å². The van der Waals surface area contributed by atoms with Gasteiger partial charge in [0.15, 0.2) is 0 Å². The van der Waals surface area contributed by atoms with Crippen molar-refractivity contribution in [3.05, 3.63) is 45.8 Å². The maximum Gasteiger partial charge on any atom is 0.410 e. The highest BCUT2D eigenvalue weighted by Gasteiger charge is 2.31. The van der Waals surface area contributed by atoms with Crippen LogP contribution < -0.4 is 10.1 Å². The predicted molar refractivity (Wildman–Crippen MR) is 131 cm³/mol. The van der Waals surface area contributed by atoms with Crippen molar-refractivity contribution in [3.8, 4) is 5.75 Å². The number of ether oxygens (including phenoxy) is 3. The maximum absolute atomic E-state index is 12.9. The number of fused-ring (bicyclic) bond motifs is 1. The second-order valence-corrected chi connectivity index (χ2v) is 8.94. The summed E-state index contributed by atoms with van der Waals surface area (Å²) in [6, 6.07) is 6.93. The topological polar surface area (TPSA) is 94.2 Å². The van der Waals surface area contributed by atoms with Crippen molar-refractivity contribution in [2.24, 2.45) is 0 Å². The summed E-state index contributed by atoms with van der Waals surface area (Å²) < 4.78 is 16.1. The highest BCUT2D eigenvalue weighted by atomic mass is 32.1. The van der Waals surface area contributed by atoms with E-state index in [1.165, 1.54) is 11.3 Å². The second kappa shape index (κ2) is 12.4. The highest BCUT2D eigenvalue weighted by Crippen LogP contribution is 2.38. The van der Waals surface area contributed by atoms with Crippen molar-refractivity contribution < 1.29 is 28.6 Å². The summed E-state index contributed by atoms with van der Waals surface area (Å²) in [7, 11) is 0. The Hall–Kier alpha value is -3.07. The number of rotatable bonds is 10. The molecule has 1 aromatic carbocycles. The molecule has 9 heteroatoms. The Morgan fingerprint density at radius 2 is 1.76 bits per heavy atom. The van der Waals surface area contributed by atoms with E-state index in [0.717, 1.165) is 29.7 Å². The molecule has 184 valence electrons. The van der Waals surface area contributed by atoms with Crippen molar-refractivity contribution in [2.45, 2.75) is 53.0 Å². The van der Waals surface area contributed by atoms with Crippen LogP contribution in [0.5, 0.6) is 5.75 Å². The number of nitrogens with one attached hydrogen (secondary N) is 1. The molecule has 0 fully saturated rings. The average molecular weight is 489 g/mol. The minimum absolute atomic E-state index is 0.228. The lowest BCUT2D eigenvalue weighted by molar-refractivity contribution is 0.0526. The van der Waals surface area contributed by atoms with Crippen LogP contribution in [0.25, 0.3) is 0 Å². The van der Waals surface area contributed by atoms with Crippen LogP contribution in [0.1, 0.15) is 71.2 Å². The first-order valence-corrected chi connectivity index (χ1v) is 12.6. The fraction of sp³-hybridized carbons (Fsp3) is 0.480. The number of carbonyl (C=O) groups excluding carboxylic acids is 3. The quantitative estimate of drug-likeness (QED) is 0.362. The number of anilines is 1. The van der Waals surface area contributed by atoms with Gasteiger partial charge in [0, 0.05) is 17.0 Å². The Balaban J connectivity index is 1.76. The monoisotopic (exact) mass is 488 g/mol. The van der Waals surface area contributed by atoms with Gasteiger partial charge in [-0.2, -0.15) is 0 Å². The van der Waals surface area contributed by atoms with Crippen LogP contribution in [-0.2, 0) is 22.4 Å². The molecule has 1 aliphatic heterocycles. The van der Waals surface area contributed by atoms with Crippen LogP contribution >= 0.6 is 11.3 Å². The fourth-order valence-corrected chi connectivity index (χ4v) is 4.95. The molecule has 0 spiro atoms. The van der Waals surface area contributed by atoms with Gasteiger partial charge >= 0.3 is 12.1 Å². The summed E-state index contributed by atoms with van der Waals surface area (Å²) in [6.45, 7) is 7.57. The zero-order valence-electron chi connectivity index (χ0n) is 20.0. The lowest BCUT2D eigenvalue weighted by Gasteiger charge is -2.26. The Kier molecular flexibility index (Phi) is 9.33. The van der Waals surface area contributed by atoms with Crippen LogP contribution in [0.3, 0.4) is 0 Å². The zero-order valence-corrected chi connectivity index (χ0v) is 20.8. The minimum Gasteiger partial charge on any atom is -0.494 e. The van der Waals surface area contributed by atoms with Gasteiger partial charge in [0.1, 0.15) is 10.8 Å². The van der Waals surface area contributed by atoms with Crippen LogP contribution in [0.2, 0.25) is 0 Å². The highest BCUT2D eigenvalue weighted by molar-refractivity contribution is 7.17. The number of carbonyl (C=O) groups is 3. The van der Waals surface area contributed by atoms with Crippen molar-refractivity contribution in [3.63, 3.8) is 0 Å². The molecule has 1 aliphatic rings. The molecule has 1 N–H and O–H groups in total. The Morgan fingerprint density at radius 3 is 2.44 bits per heavy atom. The molecule has 0 aliphatic carbocycles. The summed E-state index contributed by atoms with van der Waals surface area (Å²) in [6.07, 6.45) is 3.33. The third-order valence-electron chi connectivity index (χ3n) is 5.42. The van der Waals surface area contributed by atoms with E-state index in [0.29, 0.717) is 54.6 Å². The number of hydrogen-bond acceptors (Lipinski definition) is 7. The van der Waals surface area contributed by atoms with Gasteiger partial charge in [-0.1, -0.05) is 19.8 Å². The number of esters is 1. The molecule has 0 saturated heterocycles. The molecule has 2 aromatic rings. The molecule has 0 radical (unpaired) electrons. The smallest absolute Gasteiger partial charge is 0.410 e. The predicted octanol–water partition coefficient (Wildman–Crippen LogP) is 5.26. The van der Waals surface area contributed by atoms with E-state index < -0.39 is 5.97 Å². The van der Waals surface area contributed by atoms with E-state index in [1.807, 2.05) is 0 Å². The molecule has 8 nitrogen and oxygen atoms in total. The van der Waals surface area contributed by atoms with E-state index in [-0.39, 0.29) is 18.6 Å². The molecular weight excluding hydrogens is 456 g/mol. The van der Waals surface area contributed by atoms with Gasteiger partial charge in [0.25, 0.3) is 5.91 Å². The number of benzene rings is 1. The van der Waals surface area contributed by atoms with Crippen LogP contribution in [0.15, 0.2) is 24.3 Å². The number of thiophene rings is 1. The first-order valence-electron chi connectivity index (χ1n) is 11.8. The van der Waals surface area contributed by atoms with Gasteiger partial charge in [-0.05, 0) is 56.5 Å². The van der Waals surface area contributed by atoms with Crippen LogP contribution in [0, 0.1) is 0 Å². The molecule has 0 atom stereocenters. The first-order chi connectivity index (χ1) is 16.5. The van der Waals surface area contributed by atoms with E-state index in [1.54, 1.807) is 43.0 Å². The minimum atomic E-state index is -0.476. The molecular formula is C25H32N2O6S. The summed E-state index contributed by atoms with van der Waals surface area (Å²) in [5.41, 5.74) is 1.64. The van der Waals surface area contributed by atoms with Crippen molar-refractivity contribution in [1.82, 2.24) is 4.90 Å². The van der Waals surface area contributed by atoms with Crippen molar-refractivity contribution in [2.75, 3.05) is 31.7 Å². The fourth-order valence-electron chi connectivity index (χ4n) is 3.70. The molecule has 34 heavy (non-hydrogen) atoms. The van der Waals surface area contributed by atoms with Crippen molar-refractivity contribution >= 4 is 34.3 Å². The van der Waals surface area contributed by atoms with E-state index >= 15 is 0 Å². The lowest BCUT2D eigenvalue weighted by Crippen LogP contribution is -2.36. The molecule has 0 unspecified atom stereocenters. The van der Waals surface area contributed by atoms with Gasteiger partial charge in [-0.3, -0.25) is 4.79 Å². The SMILES string of the molecule is CCCCCOc1ccc(C(=O)Nc2sc3c(c2C(=O)OCC)CCN(C(=O)OCC)C3)cc1. The Bertz CT molecular complexity index is 1000. The van der Waals surface area contributed by atoms with Crippen LogP contribution in [-0.4, -0.2) is 49.2 Å². The molecule has 0 bridgehead atoms. The molecule has 1 aromatic heterocycles. The van der Waals surface area contributed by atoms with Gasteiger partial charge in [-0.15, -0.1) is 11.3 Å². The third-order valence-corrected chi connectivity index (χ3v) is 6.55. The molecule has 2 amide bonds. The Morgan fingerprint density at radius 1 is 1.03 bits per heavy atom. The normalized spacial score (nSPS) is 12.6. The van der Waals surface area contributed by atoms with Gasteiger partial charge < -0.3 is 24.4 Å². The van der Waals surface area contributed by atoms with Crippen molar-refractivity contribution in [1.29, 1.82) is 0 Å². The number of hydrogen-bond donors (Lipinski definition) is 1. The summed E-state index contributed by atoms with van der Waals surface area (Å²) >= 11 is 1.29. The van der Waals surface area contributed by atoms with Gasteiger partial charge in [0.05, 0.1) is 31.9 Å². The molecule has 2 heterocycles. The lowest BCUT2D eigenvalue weighted by atomic mass is 10.0. The molecule has 0 saturated carbocycles. The van der Waals surface area contributed by atoms with E-state index in [9.17, 15) is 14.4 Å². The maximum atomic E-state index is 12.9. The number of amides is 2. The zero-order chi connectivity index (χ0) is 24.5. The van der Waals surface area contributed by atoms with Crippen LogP contribution in [0.4, 0.5) is 9.80 Å². The van der Waals surface area contributed by atoms with E-state index in [2.05, 4.69) is 12.2 Å². The summed E-state index contributed by atoms with van der Waals surface area (Å²) in [4.78, 5) is 40.3. The second-order valence-electron chi connectivity index (χ2n) is 7.83. The van der Waals surface area contributed by atoms with Gasteiger partial charge in [-0.25, -0.2) is 9.59 Å². The number of nitrogens with zero attached hydrogens (tertiary/aromatic N) is 1. The summed E-state index contributed by atoms with van der Waals surface area (Å²) in [5.74, 6) is -0.0925. The Labute approximate surface area is 204 Å². The number of unbranched alkanes of at least 4 members (excludes halogenated alkanes) is 2. The average Bonchev–Trinajstić information content (AvgIpc) is 3.19. The first kappa shape index (κ1) is 25.6. The third kappa shape index (κ3) is 6.28. The summed E-state index contributed by atoms with van der Waals surface area (Å²) in [5, 5.41) is 3.30.